The van der Waals surface area contributed by atoms with Crippen LogP contribution in [0.3, 0.4) is 0 Å². The number of hydrogen-bond acceptors (Lipinski definition) is 5. The third-order valence-corrected chi connectivity index (χ3v) is 10.0. The average molecular weight is 769 g/mol. The van der Waals surface area contributed by atoms with E-state index in [-0.39, 0.29) is 25.2 Å². The SMILES string of the molecule is CC/C=C\C/C=C\C/C=C\C/C=C\CCCCCCCCCCCCCCCCC(=O)OC(CO)COC(=O)CCCCCCC/C=C\CCCCCCC. The predicted molar refractivity (Wildman–Crippen MR) is 237 cm³/mol. The molecule has 0 spiro atoms. The summed E-state index contributed by atoms with van der Waals surface area (Å²) in [6.45, 7) is 4.02. The van der Waals surface area contributed by atoms with Gasteiger partial charge >= 0.3 is 11.9 Å². The fraction of sp³-hybridized carbons (Fsp3) is 0.760. The van der Waals surface area contributed by atoms with Crippen molar-refractivity contribution in [1.29, 1.82) is 0 Å². The zero-order chi connectivity index (χ0) is 40.0. The van der Waals surface area contributed by atoms with Gasteiger partial charge in [0.25, 0.3) is 0 Å². The molecule has 0 aliphatic carbocycles. The Hall–Kier alpha value is -2.40. The number of esters is 2. The van der Waals surface area contributed by atoms with Crippen molar-refractivity contribution < 1.29 is 24.2 Å². The average Bonchev–Trinajstić information content (AvgIpc) is 3.19. The number of ether oxygens (including phenoxy) is 2. The summed E-state index contributed by atoms with van der Waals surface area (Å²) in [5.74, 6) is -0.598. The molecule has 0 heterocycles. The van der Waals surface area contributed by atoms with Crippen LogP contribution in [0.4, 0.5) is 0 Å². The quantitative estimate of drug-likeness (QED) is 0.0380. The maximum absolute atomic E-state index is 12.2. The van der Waals surface area contributed by atoms with Crippen molar-refractivity contribution in [1.82, 2.24) is 0 Å². The molecule has 1 N–H and O–H groups in total. The van der Waals surface area contributed by atoms with Gasteiger partial charge < -0.3 is 14.6 Å². The van der Waals surface area contributed by atoms with E-state index < -0.39 is 6.10 Å². The maximum Gasteiger partial charge on any atom is 0.306 e. The molecule has 0 aromatic carbocycles. The molecular weight excluding hydrogens is 681 g/mol. The molecule has 0 rings (SSSR count). The van der Waals surface area contributed by atoms with E-state index in [1.54, 1.807) is 0 Å². The molecule has 318 valence electrons. The van der Waals surface area contributed by atoms with Gasteiger partial charge in [-0.2, -0.15) is 0 Å². The van der Waals surface area contributed by atoms with Gasteiger partial charge in [-0.3, -0.25) is 9.59 Å². The lowest BCUT2D eigenvalue weighted by molar-refractivity contribution is -0.161. The Bertz CT molecular complexity index is 961. The van der Waals surface area contributed by atoms with Crippen LogP contribution in [-0.4, -0.2) is 36.4 Å². The van der Waals surface area contributed by atoms with E-state index in [1.165, 1.54) is 128 Å². The highest BCUT2D eigenvalue weighted by molar-refractivity contribution is 5.70. The Morgan fingerprint density at radius 1 is 0.436 bits per heavy atom. The first kappa shape index (κ1) is 52.6. The van der Waals surface area contributed by atoms with Gasteiger partial charge in [0.15, 0.2) is 6.10 Å². The zero-order valence-corrected chi connectivity index (χ0v) is 36.2. The number of aliphatic hydroxyl groups excluding tert-OH is 1. The highest BCUT2D eigenvalue weighted by atomic mass is 16.6. The van der Waals surface area contributed by atoms with Crippen LogP contribution in [-0.2, 0) is 19.1 Å². The van der Waals surface area contributed by atoms with Gasteiger partial charge in [0.05, 0.1) is 6.61 Å². The third-order valence-electron chi connectivity index (χ3n) is 10.0. The maximum atomic E-state index is 12.2. The summed E-state index contributed by atoms with van der Waals surface area (Å²) in [6.07, 6.45) is 60.2. The Morgan fingerprint density at radius 3 is 1.20 bits per heavy atom. The molecule has 1 atom stereocenters. The number of carbonyl (C=O) groups excluding carboxylic acids is 2. The number of hydrogen-bond donors (Lipinski definition) is 1. The second-order valence-corrected chi connectivity index (χ2v) is 15.4. The van der Waals surface area contributed by atoms with Gasteiger partial charge in [-0.15, -0.1) is 0 Å². The van der Waals surface area contributed by atoms with E-state index in [2.05, 4.69) is 74.6 Å². The summed E-state index contributed by atoms with van der Waals surface area (Å²) >= 11 is 0. The second kappa shape index (κ2) is 46.0. The predicted octanol–water partition coefficient (Wildman–Crippen LogP) is 15.1. The van der Waals surface area contributed by atoms with Gasteiger partial charge in [-0.05, 0) is 77.0 Å². The highest BCUT2D eigenvalue weighted by Crippen LogP contribution is 2.15. The zero-order valence-electron chi connectivity index (χ0n) is 36.2. The molecular formula is C50H88O5. The van der Waals surface area contributed by atoms with E-state index >= 15 is 0 Å². The topological polar surface area (TPSA) is 72.8 Å². The van der Waals surface area contributed by atoms with Gasteiger partial charge in [0.1, 0.15) is 6.61 Å². The smallest absolute Gasteiger partial charge is 0.306 e. The minimum absolute atomic E-state index is 0.0702. The molecule has 55 heavy (non-hydrogen) atoms. The molecule has 0 radical (unpaired) electrons. The summed E-state index contributed by atoms with van der Waals surface area (Å²) in [6, 6.07) is 0. The van der Waals surface area contributed by atoms with Crippen LogP contribution in [0.1, 0.15) is 226 Å². The van der Waals surface area contributed by atoms with Crippen molar-refractivity contribution in [2.45, 2.75) is 232 Å². The lowest BCUT2D eigenvalue weighted by atomic mass is 10.0. The molecule has 5 heteroatoms. The van der Waals surface area contributed by atoms with Crippen molar-refractivity contribution in [3.63, 3.8) is 0 Å². The molecule has 0 aliphatic heterocycles. The highest BCUT2D eigenvalue weighted by Gasteiger charge is 2.16. The van der Waals surface area contributed by atoms with E-state index in [0.29, 0.717) is 12.8 Å². The third kappa shape index (κ3) is 44.2. The number of rotatable bonds is 42. The normalized spacial score (nSPS) is 12.7. The van der Waals surface area contributed by atoms with Crippen LogP contribution in [0.2, 0.25) is 0 Å². The van der Waals surface area contributed by atoms with Gasteiger partial charge in [0.2, 0.25) is 0 Å². The summed E-state index contributed by atoms with van der Waals surface area (Å²) in [5, 5.41) is 9.59. The van der Waals surface area contributed by atoms with E-state index in [0.717, 1.165) is 70.6 Å². The Morgan fingerprint density at radius 2 is 0.782 bits per heavy atom. The first-order valence-electron chi connectivity index (χ1n) is 23.3. The van der Waals surface area contributed by atoms with Crippen molar-refractivity contribution in [2.24, 2.45) is 0 Å². The van der Waals surface area contributed by atoms with Crippen molar-refractivity contribution in [2.75, 3.05) is 13.2 Å². The van der Waals surface area contributed by atoms with Crippen LogP contribution in [0, 0.1) is 0 Å². The fourth-order valence-corrected chi connectivity index (χ4v) is 6.54. The van der Waals surface area contributed by atoms with Gasteiger partial charge in [-0.1, -0.05) is 197 Å². The molecule has 0 fully saturated rings. The molecule has 0 saturated heterocycles. The standard InChI is InChI=1S/C50H88O5/c1-3-5-7-9-11-13-15-17-19-20-21-22-23-24-25-26-27-28-29-30-31-33-35-37-39-41-43-45-50(53)55-48(46-51)47-54-49(52)44-42-40-38-36-34-32-18-16-14-12-10-8-6-4-2/h5,7,11,13,16-19,21-22,48,51H,3-4,6,8-10,12,14-15,20,23-47H2,1-2H3/b7-5-,13-11-,18-16-,19-17-,22-21-. The number of allylic oxidation sites excluding steroid dienone is 10. The summed E-state index contributed by atoms with van der Waals surface area (Å²) < 4.78 is 10.6. The Balaban J connectivity index is 3.50. The Labute approximate surface area is 341 Å². The van der Waals surface area contributed by atoms with Crippen LogP contribution in [0.15, 0.2) is 60.8 Å². The molecule has 0 aliphatic rings. The number of unbranched alkanes of at least 4 members (excludes halogenated alkanes) is 24. The lowest BCUT2D eigenvalue weighted by Gasteiger charge is -2.15. The van der Waals surface area contributed by atoms with Crippen molar-refractivity contribution >= 4 is 11.9 Å². The van der Waals surface area contributed by atoms with Crippen LogP contribution in [0.5, 0.6) is 0 Å². The molecule has 1 unspecified atom stereocenters. The monoisotopic (exact) mass is 769 g/mol. The van der Waals surface area contributed by atoms with E-state index in [1.807, 2.05) is 0 Å². The Kier molecular flexibility index (Phi) is 44.0. The van der Waals surface area contributed by atoms with Gasteiger partial charge in [-0.25, -0.2) is 0 Å². The summed E-state index contributed by atoms with van der Waals surface area (Å²) in [7, 11) is 0. The minimum Gasteiger partial charge on any atom is -0.462 e. The molecule has 0 amide bonds. The minimum atomic E-state index is -0.776. The molecule has 5 nitrogen and oxygen atoms in total. The molecule has 0 aromatic rings. The van der Waals surface area contributed by atoms with E-state index in [9.17, 15) is 14.7 Å². The number of aliphatic hydroxyl groups is 1. The molecule has 0 saturated carbocycles. The van der Waals surface area contributed by atoms with Crippen molar-refractivity contribution in [3.05, 3.63) is 60.8 Å². The van der Waals surface area contributed by atoms with Gasteiger partial charge in [0, 0.05) is 12.8 Å². The van der Waals surface area contributed by atoms with Crippen LogP contribution >= 0.6 is 0 Å². The molecule has 0 aromatic heterocycles. The second-order valence-electron chi connectivity index (χ2n) is 15.4. The van der Waals surface area contributed by atoms with E-state index in [4.69, 9.17) is 9.47 Å². The number of carbonyl (C=O) groups is 2. The fourth-order valence-electron chi connectivity index (χ4n) is 6.54. The van der Waals surface area contributed by atoms with Crippen LogP contribution < -0.4 is 0 Å². The summed E-state index contributed by atoms with van der Waals surface area (Å²) in [5.41, 5.74) is 0. The van der Waals surface area contributed by atoms with Crippen molar-refractivity contribution in [3.8, 4) is 0 Å². The first-order valence-corrected chi connectivity index (χ1v) is 23.3. The lowest BCUT2D eigenvalue weighted by Crippen LogP contribution is -2.28. The molecule has 0 bridgehead atoms. The summed E-state index contributed by atoms with van der Waals surface area (Å²) in [4.78, 5) is 24.3. The van der Waals surface area contributed by atoms with Crippen LogP contribution in [0.25, 0.3) is 0 Å². The first-order chi connectivity index (χ1) is 27.1. The largest absolute Gasteiger partial charge is 0.462 e.